The summed E-state index contributed by atoms with van der Waals surface area (Å²) in [6.45, 7) is 1.19. The summed E-state index contributed by atoms with van der Waals surface area (Å²) in [6, 6.07) is 2.76. The van der Waals surface area contributed by atoms with Crippen LogP contribution in [0.2, 0.25) is 0 Å². The molecule has 0 aliphatic rings. The summed E-state index contributed by atoms with van der Waals surface area (Å²) in [4.78, 5) is 28.0. The van der Waals surface area contributed by atoms with Crippen LogP contribution in [-0.2, 0) is 11.3 Å². The van der Waals surface area contributed by atoms with Gasteiger partial charge in [-0.2, -0.15) is 0 Å². The summed E-state index contributed by atoms with van der Waals surface area (Å²) in [5.74, 6) is -2.32. The van der Waals surface area contributed by atoms with Crippen LogP contribution in [0, 0.1) is 18.6 Å². The zero-order chi connectivity index (χ0) is 16.6. The molecule has 2 heterocycles. The van der Waals surface area contributed by atoms with Gasteiger partial charge in [-0.1, -0.05) is 5.16 Å². The molecule has 0 aliphatic heterocycles. The predicted octanol–water partition coefficient (Wildman–Crippen LogP) is 1.61. The highest BCUT2D eigenvalue weighted by molar-refractivity contribution is 5.90. The lowest BCUT2D eigenvalue weighted by Gasteiger charge is -2.08. The van der Waals surface area contributed by atoms with Crippen LogP contribution in [-0.4, -0.2) is 20.6 Å². The Morgan fingerprint density at radius 1 is 1.39 bits per heavy atom. The number of halogens is 2. The predicted molar refractivity (Wildman–Crippen MR) is 75.8 cm³/mol. The molecule has 23 heavy (non-hydrogen) atoms. The molecular formula is C14H10F2N4O3. The third kappa shape index (κ3) is 2.80. The normalized spacial score (nSPS) is 10.9. The summed E-state index contributed by atoms with van der Waals surface area (Å²) in [7, 11) is 0. The number of carbonyl (C=O) groups is 1. The second-order valence-corrected chi connectivity index (χ2v) is 4.80. The minimum atomic E-state index is -0.908. The number of hydrogen-bond acceptors (Lipinski definition) is 5. The lowest BCUT2D eigenvalue weighted by atomic mass is 10.3. The van der Waals surface area contributed by atoms with Gasteiger partial charge in [0.05, 0.1) is 11.4 Å². The highest BCUT2D eigenvalue weighted by atomic mass is 19.1. The molecule has 9 heteroatoms. The lowest BCUT2D eigenvalue weighted by Crippen LogP contribution is -2.28. The van der Waals surface area contributed by atoms with Gasteiger partial charge in [0.2, 0.25) is 5.91 Å². The van der Waals surface area contributed by atoms with Crippen LogP contribution in [0.1, 0.15) is 5.69 Å². The first kappa shape index (κ1) is 14.8. The highest BCUT2D eigenvalue weighted by Crippen LogP contribution is 2.15. The molecule has 1 N–H and O–H groups in total. The molecule has 0 spiro atoms. The van der Waals surface area contributed by atoms with Gasteiger partial charge in [-0.3, -0.25) is 14.2 Å². The van der Waals surface area contributed by atoms with Crippen molar-refractivity contribution < 1.29 is 18.1 Å². The van der Waals surface area contributed by atoms with Gasteiger partial charge >= 0.3 is 0 Å². The van der Waals surface area contributed by atoms with E-state index < -0.39 is 23.1 Å². The van der Waals surface area contributed by atoms with E-state index in [1.165, 1.54) is 0 Å². The van der Waals surface area contributed by atoms with Crippen molar-refractivity contribution >= 4 is 22.7 Å². The maximum atomic E-state index is 13.5. The van der Waals surface area contributed by atoms with E-state index >= 15 is 0 Å². The number of rotatable bonds is 3. The van der Waals surface area contributed by atoms with Gasteiger partial charge in [0, 0.05) is 6.07 Å². The van der Waals surface area contributed by atoms with Crippen molar-refractivity contribution in [3.8, 4) is 0 Å². The van der Waals surface area contributed by atoms with Crippen molar-refractivity contribution in [1.29, 1.82) is 0 Å². The Hall–Kier alpha value is -3.10. The average molecular weight is 320 g/mol. The first-order valence-corrected chi connectivity index (χ1v) is 6.52. The number of nitrogens with zero attached hydrogens (tertiary/aromatic N) is 3. The van der Waals surface area contributed by atoms with Crippen molar-refractivity contribution in [2.24, 2.45) is 0 Å². The number of hydrogen-bond donors (Lipinski definition) is 1. The van der Waals surface area contributed by atoms with Crippen LogP contribution in [0.25, 0.3) is 11.1 Å². The molecule has 2 aromatic heterocycles. The Morgan fingerprint density at radius 2 is 2.17 bits per heavy atom. The minimum Gasteiger partial charge on any atom is -0.335 e. The van der Waals surface area contributed by atoms with Crippen molar-refractivity contribution in [3.05, 3.63) is 52.2 Å². The molecule has 0 saturated heterocycles. The third-order valence-corrected chi connectivity index (χ3v) is 3.15. The van der Waals surface area contributed by atoms with E-state index in [1.807, 2.05) is 0 Å². The smallest absolute Gasteiger partial charge is 0.267 e. The monoisotopic (exact) mass is 320 g/mol. The van der Waals surface area contributed by atoms with E-state index in [-0.39, 0.29) is 23.3 Å². The quantitative estimate of drug-likeness (QED) is 0.792. The summed E-state index contributed by atoms with van der Waals surface area (Å²) in [5, 5.41) is 6.06. The number of aromatic nitrogens is 3. The number of anilines is 1. The molecule has 0 unspecified atom stereocenters. The fourth-order valence-electron chi connectivity index (χ4n) is 2.06. The summed E-state index contributed by atoms with van der Waals surface area (Å²) in [6.07, 6.45) is 1.13. The molecule has 0 radical (unpaired) electrons. The second-order valence-electron chi connectivity index (χ2n) is 4.80. The number of amides is 1. The largest absolute Gasteiger partial charge is 0.335 e. The van der Waals surface area contributed by atoms with E-state index in [0.29, 0.717) is 11.8 Å². The van der Waals surface area contributed by atoms with E-state index in [2.05, 4.69) is 15.5 Å². The Morgan fingerprint density at radius 3 is 2.91 bits per heavy atom. The molecule has 1 amide bonds. The molecule has 0 atom stereocenters. The van der Waals surface area contributed by atoms with Crippen molar-refractivity contribution in [2.75, 3.05) is 5.32 Å². The van der Waals surface area contributed by atoms with Crippen LogP contribution in [0.15, 0.2) is 33.8 Å². The Bertz CT molecular complexity index is 964. The SMILES string of the molecule is Cc1noc2ncn(CC(=O)Nc3ccc(F)cc3F)c(=O)c12. The molecule has 0 aliphatic carbocycles. The second kappa shape index (κ2) is 5.59. The van der Waals surface area contributed by atoms with E-state index in [4.69, 9.17) is 4.52 Å². The number of nitrogens with one attached hydrogen (secondary N) is 1. The standard InChI is InChI=1S/C14H10F2N4O3/c1-7-12-13(23-19-7)17-6-20(14(12)22)5-11(21)18-10-3-2-8(15)4-9(10)16/h2-4,6H,5H2,1H3,(H,18,21). The fourth-order valence-corrected chi connectivity index (χ4v) is 2.06. The molecule has 3 aromatic rings. The molecule has 0 fully saturated rings. The van der Waals surface area contributed by atoms with Crippen LogP contribution >= 0.6 is 0 Å². The molecule has 1 aromatic carbocycles. The zero-order valence-corrected chi connectivity index (χ0v) is 11.8. The van der Waals surface area contributed by atoms with Crippen molar-refractivity contribution in [1.82, 2.24) is 14.7 Å². The molecule has 118 valence electrons. The van der Waals surface area contributed by atoms with Gasteiger partial charge < -0.3 is 9.84 Å². The highest BCUT2D eigenvalue weighted by Gasteiger charge is 2.14. The van der Waals surface area contributed by atoms with Crippen LogP contribution < -0.4 is 10.9 Å². The van der Waals surface area contributed by atoms with Gasteiger partial charge in [-0.25, -0.2) is 13.8 Å². The van der Waals surface area contributed by atoms with E-state index in [1.54, 1.807) is 6.92 Å². The Balaban J connectivity index is 1.84. The molecular weight excluding hydrogens is 310 g/mol. The van der Waals surface area contributed by atoms with E-state index in [9.17, 15) is 18.4 Å². The summed E-state index contributed by atoms with van der Waals surface area (Å²) < 4.78 is 32.2. The van der Waals surface area contributed by atoms with Crippen molar-refractivity contribution in [2.45, 2.75) is 13.5 Å². The van der Waals surface area contributed by atoms with Gasteiger partial charge in [0.15, 0.2) is 0 Å². The maximum absolute atomic E-state index is 13.5. The van der Waals surface area contributed by atoms with Gasteiger partial charge in [-0.05, 0) is 19.1 Å². The maximum Gasteiger partial charge on any atom is 0.267 e. The van der Waals surface area contributed by atoms with Gasteiger partial charge in [0.25, 0.3) is 11.3 Å². The number of fused-ring (bicyclic) bond motifs is 1. The minimum absolute atomic E-state index is 0.0775. The van der Waals surface area contributed by atoms with Gasteiger partial charge in [-0.15, -0.1) is 0 Å². The van der Waals surface area contributed by atoms with Crippen LogP contribution in [0.5, 0.6) is 0 Å². The van der Waals surface area contributed by atoms with Gasteiger partial charge in [0.1, 0.15) is 29.9 Å². The molecule has 7 nitrogen and oxygen atoms in total. The number of benzene rings is 1. The van der Waals surface area contributed by atoms with E-state index in [0.717, 1.165) is 23.0 Å². The van der Waals surface area contributed by atoms with Crippen LogP contribution in [0.4, 0.5) is 14.5 Å². The summed E-state index contributed by atoms with van der Waals surface area (Å²) >= 11 is 0. The first-order chi connectivity index (χ1) is 11.0. The fraction of sp³-hybridized carbons (Fsp3) is 0.143. The molecule has 0 saturated carbocycles. The van der Waals surface area contributed by atoms with Crippen LogP contribution in [0.3, 0.4) is 0 Å². The lowest BCUT2D eigenvalue weighted by molar-refractivity contribution is -0.116. The third-order valence-electron chi connectivity index (χ3n) is 3.15. The topological polar surface area (TPSA) is 90.0 Å². The number of aryl methyl sites for hydroxylation is 1. The Kier molecular flexibility index (Phi) is 3.61. The molecule has 3 rings (SSSR count). The zero-order valence-electron chi connectivity index (χ0n) is 11.8. The number of carbonyl (C=O) groups excluding carboxylic acids is 1. The first-order valence-electron chi connectivity index (χ1n) is 6.52. The van der Waals surface area contributed by atoms with Crippen molar-refractivity contribution in [3.63, 3.8) is 0 Å². The molecule has 0 bridgehead atoms. The Labute approximate surface area is 127 Å². The summed E-state index contributed by atoms with van der Waals surface area (Å²) in [5.41, 5.74) is -0.242. The average Bonchev–Trinajstić information content (AvgIpc) is 2.87.